The number of hydrogen-bond donors (Lipinski definition) is 0. The molecule has 0 fully saturated rings. The zero-order chi connectivity index (χ0) is 46.8. The average molecular weight is 906 g/mol. The molecule has 0 bridgehead atoms. The molecule has 0 aromatic carbocycles. The Morgan fingerprint density at radius 1 is 0.328 bits per heavy atom. The Labute approximate surface area is 399 Å². The second-order valence-electron chi connectivity index (χ2n) is 20.6. The first-order chi connectivity index (χ1) is 31.3. The molecule has 1 unspecified atom stereocenters. The number of rotatable bonds is 52. The second-order valence-corrected chi connectivity index (χ2v) is 20.6. The molecular weight excluding hydrogens is 793 g/mol. The van der Waals surface area contributed by atoms with Crippen molar-refractivity contribution >= 4 is 17.9 Å². The van der Waals surface area contributed by atoms with Crippen LogP contribution in [0.4, 0.5) is 0 Å². The van der Waals surface area contributed by atoms with Gasteiger partial charge in [0.2, 0.25) is 0 Å². The van der Waals surface area contributed by atoms with Crippen LogP contribution in [-0.2, 0) is 28.6 Å². The van der Waals surface area contributed by atoms with E-state index in [4.69, 9.17) is 14.2 Å². The standard InChI is InChI=1S/C58H112O6/c1-6-8-9-10-11-12-13-14-15-16-17-18-19-22-28-33-38-43-48-56(59)62-51-55(64-58(61)50-45-40-35-30-23-20-21-26-31-36-41-46-53(3)4)52-63-57(60)49-44-39-34-29-25-24-27-32-37-42-47-54(5)7-2/h53-55H,6-52H2,1-5H3/t54?,55-/m0/s1. The molecule has 0 aliphatic heterocycles. The van der Waals surface area contributed by atoms with Crippen LogP contribution in [0.5, 0.6) is 0 Å². The SMILES string of the molecule is CCCCCCCCCCCCCCCCCCCCC(=O)OC[C@@H](COC(=O)CCCCCCCCCCCCC(C)CC)OC(=O)CCCCCCCCCCCCCC(C)C. The van der Waals surface area contributed by atoms with Crippen LogP contribution in [-0.4, -0.2) is 37.2 Å². The molecule has 0 aliphatic carbocycles. The van der Waals surface area contributed by atoms with Crippen LogP contribution in [0.1, 0.15) is 324 Å². The van der Waals surface area contributed by atoms with Gasteiger partial charge in [0, 0.05) is 19.3 Å². The molecule has 0 heterocycles. The Kier molecular flexibility index (Phi) is 49.6. The van der Waals surface area contributed by atoms with Crippen molar-refractivity contribution in [2.45, 2.75) is 330 Å². The Morgan fingerprint density at radius 2 is 0.594 bits per heavy atom. The van der Waals surface area contributed by atoms with Crippen molar-refractivity contribution < 1.29 is 28.6 Å². The van der Waals surface area contributed by atoms with E-state index in [-0.39, 0.29) is 31.1 Å². The number of unbranched alkanes of at least 4 members (excludes halogenated alkanes) is 36. The maximum atomic E-state index is 12.8. The van der Waals surface area contributed by atoms with Gasteiger partial charge < -0.3 is 14.2 Å². The van der Waals surface area contributed by atoms with Gasteiger partial charge in [-0.25, -0.2) is 0 Å². The fraction of sp³-hybridized carbons (Fsp3) is 0.948. The summed E-state index contributed by atoms with van der Waals surface area (Å²) in [5.41, 5.74) is 0. The Balaban J connectivity index is 4.29. The molecule has 0 radical (unpaired) electrons. The summed E-state index contributed by atoms with van der Waals surface area (Å²) in [6.07, 6.45) is 53.7. The van der Waals surface area contributed by atoms with E-state index in [9.17, 15) is 14.4 Å². The van der Waals surface area contributed by atoms with E-state index in [1.54, 1.807) is 0 Å². The monoisotopic (exact) mass is 905 g/mol. The molecule has 0 aromatic rings. The van der Waals surface area contributed by atoms with E-state index in [1.165, 1.54) is 212 Å². The summed E-state index contributed by atoms with van der Waals surface area (Å²) in [6.45, 7) is 11.4. The quantitative estimate of drug-likeness (QED) is 0.0344. The lowest BCUT2D eigenvalue weighted by atomic mass is 9.99. The van der Waals surface area contributed by atoms with Gasteiger partial charge in [-0.2, -0.15) is 0 Å². The van der Waals surface area contributed by atoms with Crippen LogP contribution in [0.25, 0.3) is 0 Å². The molecule has 0 N–H and O–H groups in total. The summed E-state index contributed by atoms with van der Waals surface area (Å²) in [6, 6.07) is 0. The summed E-state index contributed by atoms with van der Waals surface area (Å²) in [7, 11) is 0. The first-order valence-electron chi connectivity index (χ1n) is 28.8. The van der Waals surface area contributed by atoms with Crippen molar-refractivity contribution in [3.63, 3.8) is 0 Å². The third kappa shape index (κ3) is 49.8. The Bertz CT molecular complexity index is 980. The first-order valence-corrected chi connectivity index (χ1v) is 28.8. The van der Waals surface area contributed by atoms with Gasteiger partial charge >= 0.3 is 17.9 Å². The van der Waals surface area contributed by atoms with Crippen molar-refractivity contribution in [3.05, 3.63) is 0 Å². The van der Waals surface area contributed by atoms with E-state index < -0.39 is 6.10 Å². The minimum absolute atomic E-state index is 0.0630. The summed E-state index contributed by atoms with van der Waals surface area (Å²) < 4.78 is 16.9. The first kappa shape index (κ1) is 62.4. The van der Waals surface area contributed by atoms with Gasteiger partial charge in [-0.15, -0.1) is 0 Å². The molecule has 6 nitrogen and oxygen atoms in total. The van der Waals surface area contributed by atoms with Crippen LogP contribution < -0.4 is 0 Å². The summed E-state index contributed by atoms with van der Waals surface area (Å²) >= 11 is 0. The van der Waals surface area contributed by atoms with Gasteiger partial charge in [0.05, 0.1) is 0 Å². The fourth-order valence-corrected chi connectivity index (χ4v) is 8.84. The Morgan fingerprint density at radius 3 is 0.891 bits per heavy atom. The number of esters is 3. The van der Waals surface area contributed by atoms with Gasteiger partial charge in [-0.05, 0) is 31.1 Å². The molecule has 0 aliphatic rings. The lowest BCUT2D eigenvalue weighted by Crippen LogP contribution is -2.30. The molecule has 380 valence electrons. The predicted molar refractivity (Wildman–Crippen MR) is 275 cm³/mol. The summed E-state index contributed by atoms with van der Waals surface area (Å²) in [5, 5.41) is 0. The largest absolute Gasteiger partial charge is 0.462 e. The molecule has 2 atom stereocenters. The molecule has 0 saturated carbocycles. The van der Waals surface area contributed by atoms with Crippen LogP contribution in [0.15, 0.2) is 0 Å². The van der Waals surface area contributed by atoms with E-state index in [2.05, 4.69) is 34.6 Å². The van der Waals surface area contributed by atoms with Crippen molar-refractivity contribution in [1.82, 2.24) is 0 Å². The van der Waals surface area contributed by atoms with Gasteiger partial charge in [0.1, 0.15) is 13.2 Å². The molecule has 0 aromatic heterocycles. The topological polar surface area (TPSA) is 78.9 Å². The molecule has 0 spiro atoms. The maximum absolute atomic E-state index is 12.8. The number of carbonyl (C=O) groups excluding carboxylic acids is 3. The highest BCUT2D eigenvalue weighted by molar-refractivity contribution is 5.71. The normalized spacial score (nSPS) is 12.5. The predicted octanol–water partition coefficient (Wildman–Crippen LogP) is 18.9. The van der Waals surface area contributed by atoms with Crippen molar-refractivity contribution in [2.75, 3.05) is 13.2 Å². The van der Waals surface area contributed by atoms with E-state index >= 15 is 0 Å². The zero-order valence-electron chi connectivity index (χ0n) is 43.9. The highest BCUT2D eigenvalue weighted by Crippen LogP contribution is 2.18. The lowest BCUT2D eigenvalue weighted by molar-refractivity contribution is -0.167. The smallest absolute Gasteiger partial charge is 0.306 e. The van der Waals surface area contributed by atoms with Crippen LogP contribution in [0, 0.1) is 11.8 Å². The molecule has 0 saturated heterocycles. The van der Waals surface area contributed by atoms with Crippen LogP contribution in [0.2, 0.25) is 0 Å². The number of ether oxygens (including phenoxy) is 3. The van der Waals surface area contributed by atoms with Gasteiger partial charge in [-0.3, -0.25) is 14.4 Å². The van der Waals surface area contributed by atoms with Crippen molar-refractivity contribution in [1.29, 1.82) is 0 Å². The summed E-state index contributed by atoms with van der Waals surface area (Å²) in [5.74, 6) is 0.853. The minimum Gasteiger partial charge on any atom is -0.462 e. The maximum Gasteiger partial charge on any atom is 0.306 e. The molecular formula is C58H112O6. The third-order valence-electron chi connectivity index (χ3n) is 13.6. The zero-order valence-corrected chi connectivity index (χ0v) is 43.9. The number of hydrogen-bond acceptors (Lipinski definition) is 6. The van der Waals surface area contributed by atoms with Crippen LogP contribution in [0.3, 0.4) is 0 Å². The highest BCUT2D eigenvalue weighted by Gasteiger charge is 2.19. The van der Waals surface area contributed by atoms with Gasteiger partial charge in [0.25, 0.3) is 0 Å². The third-order valence-corrected chi connectivity index (χ3v) is 13.6. The van der Waals surface area contributed by atoms with Crippen molar-refractivity contribution in [2.24, 2.45) is 11.8 Å². The lowest BCUT2D eigenvalue weighted by Gasteiger charge is -2.18. The van der Waals surface area contributed by atoms with Gasteiger partial charge in [0.15, 0.2) is 6.10 Å². The molecule has 0 rings (SSSR count). The molecule has 0 amide bonds. The average Bonchev–Trinajstić information content (AvgIpc) is 3.28. The van der Waals surface area contributed by atoms with Crippen LogP contribution >= 0.6 is 0 Å². The van der Waals surface area contributed by atoms with Crippen molar-refractivity contribution in [3.8, 4) is 0 Å². The van der Waals surface area contributed by atoms with E-state index in [0.29, 0.717) is 19.3 Å². The number of carbonyl (C=O) groups is 3. The fourth-order valence-electron chi connectivity index (χ4n) is 8.84. The summed E-state index contributed by atoms with van der Waals surface area (Å²) in [4.78, 5) is 38.1. The second kappa shape index (κ2) is 50.8. The van der Waals surface area contributed by atoms with E-state index in [1.807, 2.05) is 0 Å². The molecule has 6 heteroatoms. The van der Waals surface area contributed by atoms with E-state index in [0.717, 1.165) is 69.6 Å². The minimum atomic E-state index is -0.763. The molecule has 64 heavy (non-hydrogen) atoms. The van der Waals surface area contributed by atoms with Gasteiger partial charge in [-0.1, -0.05) is 285 Å². The highest BCUT2D eigenvalue weighted by atomic mass is 16.6. The Hall–Kier alpha value is -1.59.